The largest absolute Gasteiger partial charge is 0.349 e. The molecule has 1 aromatic heterocycles. The molecule has 2 aromatic rings. The molecule has 0 saturated carbocycles. The lowest BCUT2D eigenvalue weighted by molar-refractivity contribution is 0.0943. The number of benzene rings is 1. The summed E-state index contributed by atoms with van der Waals surface area (Å²) < 4.78 is 0.838. The summed E-state index contributed by atoms with van der Waals surface area (Å²) in [6.45, 7) is 1.99. The lowest BCUT2D eigenvalue weighted by Crippen LogP contribution is -2.33. The molecule has 1 N–H and O–H groups in total. The summed E-state index contributed by atoms with van der Waals surface area (Å²) >= 11 is 10.7. The Bertz CT molecular complexity index is 584. The molecule has 19 heavy (non-hydrogen) atoms. The number of thiophene rings is 1. The SMILES string of the molecule is CC(Cc1cccc(Cl)c1)NC(=O)c1sccc1Br. The predicted molar refractivity (Wildman–Crippen MR) is 84.1 cm³/mol. The maximum Gasteiger partial charge on any atom is 0.262 e. The fraction of sp³-hybridized carbons (Fsp3) is 0.214. The maximum absolute atomic E-state index is 12.0. The van der Waals surface area contributed by atoms with Crippen LogP contribution in [0.15, 0.2) is 40.2 Å². The number of hydrogen-bond acceptors (Lipinski definition) is 2. The van der Waals surface area contributed by atoms with E-state index in [0.717, 1.165) is 21.5 Å². The van der Waals surface area contributed by atoms with Crippen molar-refractivity contribution in [1.29, 1.82) is 0 Å². The smallest absolute Gasteiger partial charge is 0.262 e. The van der Waals surface area contributed by atoms with Gasteiger partial charge >= 0.3 is 0 Å². The summed E-state index contributed by atoms with van der Waals surface area (Å²) in [7, 11) is 0. The van der Waals surface area contributed by atoms with Crippen LogP contribution in [0.4, 0.5) is 0 Å². The van der Waals surface area contributed by atoms with E-state index in [4.69, 9.17) is 11.6 Å². The van der Waals surface area contributed by atoms with Crippen LogP contribution in [-0.2, 0) is 6.42 Å². The van der Waals surface area contributed by atoms with Crippen molar-refractivity contribution in [2.45, 2.75) is 19.4 Å². The van der Waals surface area contributed by atoms with Crippen molar-refractivity contribution in [3.8, 4) is 0 Å². The van der Waals surface area contributed by atoms with Gasteiger partial charge < -0.3 is 5.32 Å². The molecular weight excluding hydrogens is 346 g/mol. The molecule has 5 heteroatoms. The second kappa shape index (κ2) is 6.55. The molecule has 0 bridgehead atoms. The van der Waals surface area contributed by atoms with E-state index in [0.29, 0.717) is 4.88 Å². The maximum atomic E-state index is 12.0. The van der Waals surface area contributed by atoms with Crippen molar-refractivity contribution in [2.75, 3.05) is 0 Å². The zero-order valence-corrected chi connectivity index (χ0v) is 13.5. The molecule has 0 spiro atoms. The highest BCUT2D eigenvalue weighted by Gasteiger charge is 2.14. The van der Waals surface area contributed by atoms with Gasteiger partial charge in [0.1, 0.15) is 4.88 Å². The molecule has 100 valence electrons. The van der Waals surface area contributed by atoms with Crippen molar-refractivity contribution in [1.82, 2.24) is 5.32 Å². The number of nitrogens with one attached hydrogen (secondary N) is 1. The summed E-state index contributed by atoms with van der Waals surface area (Å²) in [4.78, 5) is 12.7. The normalized spacial score (nSPS) is 12.2. The van der Waals surface area contributed by atoms with Crippen molar-refractivity contribution in [3.63, 3.8) is 0 Å². The van der Waals surface area contributed by atoms with Crippen molar-refractivity contribution in [3.05, 3.63) is 55.6 Å². The number of carbonyl (C=O) groups excluding carboxylic acids is 1. The van der Waals surface area contributed by atoms with Crippen LogP contribution in [0.1, 0.15) is 22.2 Å². The zero-order valence-electron chi connectivity index (χ0n) is 10.3. The number of carbonyl (C=O) groups is 1. The highest BCUT2D eigenvalue weighted by atomic mass is 79.9. The van der Waals surface area contributed by atoms with Crippen LogP contribution in [-0.4, -0.2) is 11.9 Å². The Morgan fingerprint density at radius 3 is 2.89 bits per heavy atom. The Balaban J connectivity index is 1.96. The summed E-state index contributed by atoms with van der Waals surface area (Å²) in [6, 6.07) is 9.63. The second-order valence-electron chi connectivity index (χ2n) is 4.31. The first kappa shape index (κ1) is 14.6. The van der Waals surface area contributed by atoms with E-state index in [-0.39, 0.29) is 11.9 Å². The second-order valence-corrected chi connectivity index (χ2v) is 6.51. The van der Waals surface area contributed by atoms with Gasteiger partial charge in [0.15, 0.2) is 0 Å². The zero-order chi connectivity index (χ0) is 13.8. The van der Waals surface area contributed by atoms with Crippen LogP contribution < -0.4 is 5.32 Å². The fourth-order valence-corrected chi connectivity index (χ4v) is 3.48. The van der Waals surface area contributed by atoms with Crippen molar-refractivity contribution < 1.29 is 4.79 Å². The lowest BCUT2D eigenvalue weighted by atomic mass is 10.1. The van der Waals surface area contributed by atoms with Crippen LogP contribution in [0, 0.1) is 0 Å². The van der Waals surface area contributed by atoms with Crippen molar-refractivity contribution >= 4 is 44.8 Å². The first-order valence-corrected chi connectivity index (χ1v) is 7.89. The Kier molecular flexibility index (Phi) is 5.02. The van der Waals surface area contributed by atoms with Crippen LogP contribution in [0.5, 0.6) is 0 Å². The highest BCUT2D eigenvalue weighted by molar-refractivity contribution is 9.10. The Morgan fingerprint density at radius 1 is 1.47 bits per heavy atom. The molecule has 2 rings (SSSR count). The van der Waals surface area contributed by atoms with Gasteiger partial charge in [0.2, 0.25) is 0 Å². The molecule has 1 unspecified atom stereocenters. The van der Waals surface area contributed by atoms with E-state index in [2.05, 4.69) is 21.2 Å². The Hall–Kier alpha value is -0.840. The van der Waals surface area contributed by atoms with Gasteiger partial charge in [-0.25, -0.2) is 0 Å². The van der Waals surface area contributed by atoms with Crippen molar-refractivity contribution in [2.24, 2.45) is 0 Å². The molecular formula is C14H13BrClNOS. The van der Waals surface area contributed by atoms with Gasteiger partial charge in [0, 0.05) is 15.5 Å². The van der Waals surface area contributed by atoms with E-state index in [1.807, 2.05) is 42.6 Å². The monoisotopic (exact) mass is 357 g/mol. The van der Waals surface area contributed by atoms with E-state index in [1.165, 1.54) is 11.3 Å². The van der Waals surface area contributed by atoms with Crippen LogP contribution in [0.2, 0.25) is 5.02 Å². The first-order valence-electron chi connectivity index (χ1n) is 5.84. The number of hydrogen-bond donors (Lipinski definition) is 1. The van der Waals surface area contributed by atoms with Gasteiger partial charge in [-0.2, -0.15) is 0 Å². The highest BCUT2D eigenvalue weighted by Crippen LogP contribution is 2.22. The predicted octanol–water partition coefficient (Wildman–Crippen LogP) is 4.53. The standard InChI is InChI=1S/C14H13BrClNOS/c1-9(7-10-3-2-4-11(16)8-10)17-14(18)13-12(15)5-6-19-13/h2-6,8-9H,7H2,1H3,(H,17,18). The lowest BCUT2D eigenvalue weighted by Gasteiger charge is -2.13. The van der Waals surface area contributed by atoms with Gasteiger partial charge in [-0.05, 0) is 58.4 Å². The molecule has 2 nitrogen and oxygen atoms in total. The summed E-state index contributed by atoms with van der Waals surface area (Å²) in [5.74, 6) is -0.0450. The third-order valence-electron chi connectivity index (χ3n) is 2.63. The summed E-state index contributed by atoms with van der Waals surface area (Å²) in [5.41, 5.74) is 1.12. The Labute approximate surface area is 129 Å². The van der Waals surface area contributed by atoms with Crippen LogP contribution in [0.25, 0.3) is 0 Å². The van der Waals surface area contributed by atoms with Gasteiger partial charge in [-0.1, -0.05) is 23.7 Å². The molecule has 1 heterocycles. The minimum absolute atomic E-state index is 0.0450. The van der Waals surface area contributed by atoms with E-state index in [1.54, 1.807) is 0 Å². The number of amides is 1. The molecule has 1 amide bonds. The topological polar surface area (TPSA) is 29.1 Å². The van der Waals surface area contributed by atoms with Gasteiger partial charge in [-0.3, -0.25) is 4.79 Å². The average Bonchev–Trinajstić information content (AvgIpc) is 2.75. The fourth-order valence-electron chi connectivity index (χ4n) is 1.81. The average molecular weight is 359 g/mol. The molecule has 0 fully saturated rings. The van der Waals surface area contributed by atoms with E-state index >= 15 is 0 Å². The summed E-state index contributed by atoms with van der Waals surface area (Å²) in [6.07, 6.45) is 0.759. The molecule has 0 radical (unpaired) electrons. The molecule has 0 aliphatic rings. The molecule has 1 atom stereocenters. The molecule has 0 aliphatic heterocycles. The quantitative estimate of drug-likeness (QED) is 0.855. The van der Waals surface area contributed by atoms with E-state index in [9.17, 15) is 4.79 Å². The Morgan fingerprint density at radius 2 is 2.26 bits per heavy atom. The summed E-state index contributed by atoms with van der Waals surface area (Å²) in [5, 5.41) is 5.60. The minimum Gasteiger partial charge on any atom is -0.349 e. The van der Waals surface area contributed by atoms with Crippen LogP contribution in [0.3, 0.4) is 0 Å². The minimum atomic E-state index is -0.0450. The third kappa shape index (κ3) is 4.06. The first-order chi connectivity index (χ1) is 9.06. The molecule has 1 aromatic carbocycles. The van der Waals surface area contributed by atoms with Gasteiger partial charge in [0.05, 0.1) is 0 Å². The van der Waals surface area contributed by atoms with Gasteiger partial charge in [0.25, 0.3) is 5.91 Å². The molecule has 0 aliphatic carbocycles. The third-order valence-corrected chi connectivity index (χ3v) is 4.70. The van der Waals surface area contributed by atoms with Crippen LogP contribution >= 0.6 is 38.9 Å². The van der Waals surface area contributed by atoms with Gasteiger partial charge in [-0.15, -0.1) is 11.3 Å². The number of rotatable bonds is 4. The number of halogens is 2. The molecule has 0 saturated heterocycles. The van der Waals surface area contributed by atoms with E-state index < -0.39 is 0 Å².